The molecule has 5 heteroatoms. The average Bonchev–Trinajstić information content (AvgIpc) is 2.45. The normalized spacial score (nSPS) is 21.1. The largest absolute Gasteiger partial charge is 0.491 e. The topological polar surface area (TPSA) is 47.9 Å². The van der Waals surface area contributed by atoms with E-state index in [1.54, 1.807) is 24.3 Å². The van der Waals surface area contributed by atoms with E-state index >= 15 is 0 Å². The molecule has 0 amide bonds. The fraction of sp³-hybridized carbons (Fsp3) is 0.571. The minimum Gasteiger partial charge on any atom is -0.491 e. The SMILES string of the molecule is OC(COc1ccc(Cl)cc1)COC1CCCCO1. The van der Waals surface area contributed by atoms with Crippen molar-refractivity contribution in [1.82, 2.24) is 0 Å². The highest BCUT2D eigenvalue weighted by Crippen LogP contribution is 2.16. The summed E-state index contributed by atoms with van der Waals surface area (Å²) in [5, 5.41) is 10.4. The van der Waals surface area contributed by atoms with Gasteiger partial charge in [-0.1, -0.05) is 11.6 Å². The molecule has 0 aromatic heterocycles. The summed E-state index contributed by atoms with van der Waals surface area (Å²) in [4.78, 5) is 0. The lowest BCUT2D eigenvalue weighted by molar-refractivity contribution is -0.177. The lowest BCUT2D eigenvalue weighted by Gasteiger charge is -2.23. The highest BCUT2D eigenvalue weighted by atomic mass is 35.5. The van der Waals surface area contributed by atoms with E-state index in [4.69, 9.17) is 25.8 Å². The molecule has 1 aromatic carbocycles. The smallest absolute Gasteiger partial charge is 0.157 e. The maximum Gasteiger partial charge on any atom is 0.157 e. The molecule has 0 saturated carbocycles. The Bertz CT molecular complexity index is 362. The molecule has 1 aromatic rings. The van der Waals surface area contributed by atoms with E-state index in [1.807, 2.05) is 0 Å². The molecule has 2 unspecified atom stereocenters. The number of halogens is 1. The molecule has 0 spiro atoms. The zero-order valence-electron chi connectivity index (χ0n) is 10.8. The summed E-state index contributed by atoms with van der Waals surface area (Å²) in [5.74, 6) is 0.678. The summed E-state index contributed by atoms with van der Waals surface area (Å²) in [7, 11) is 0. The van der Waals surface area contributed by atoms with Crippen LogP contribution in [0.1, 0.15) is 19.3 Å². The van der Waals surface area contributed by atoms with Crippen molar-refractivity contribution in [2.75, 3.05) is 19.8 Å². The zero-order chi connectivity index (χ0) is 13.5. The molecule has 106 valence electrons. The van der Waals surface area contributed by atoms with Crippen LogP contribution in [0.2, 0.25) is 5.02 Å². The van der Waals surface area contributed by atoms with E-state index in [0.29, 0.717) is 10.8 Å². The molecule has 1 aliphatic rings. The van der Waals surface area contributed by atoms with Gasteiger partial charge < -0.3 is 19.3 Å². The minimum atomic E-state index is -0.666. The average molecular weight is 287 g/mol. The Labute approximate surface area is 118 Å². The number of aliphatic hydroxyl groups excluding tert-OH is 1. The fourth-order valence-corrected chi connectivity index (χ4v) is 1.96. The van der Waals surface area contributed by atoms with Gasteiger partial charge in [0.25, 0.3) is 0 Å². The van der Waals surface area contributed by atoms with Crippen molar-refractivity contribution in [1.29, 1.82) is 0 Å². The van der Waals surface area contributed by atoms with Crippen molar-refractivity contribution in [3.63, 3.8) is 0 Å². The molecule has 19 heavy (non-hydrogen) atoms. The predicted octanol–water partition coefficient (Wildman–Crippen LogP) is 2.62. The first-order chi connectivity index (χ1) is 9.24. The molecule has 1 aliphatic heterocycles. The summed E-state index contributed by atoms with van der Waals surface area (Å²) >= 11 is 5.77. The van der Waals surface area contributed by atoms with E-state index in [2.05, 4.69) is 0 Å². The van der Waals surface area contributed by atoms with Crippen LogP contribution in [0.25, 0.3) is 0 Å². The molecule has 1 heterocycles. The monoisotopic (exact) mass is 286 g/mol. The molecule has 1 N–H and O–H groups in total. The van der Waals surface area contributed by atoms with Crippen molar-refractivity contribution in [2.24, 2.45) is 0 Å². The minimum absolute atomic E-state index is 0.182. The maximum absolute atomic E-state index is 9.76. The standard InChI is InChI=1S/C14H19ClO4/c15-11-4-6-13(7-5-11)18-9-12(16)10-19-14-3-1-2-8-17-14/h4-7,12,14,16H,1-3,8-10H2. The van der Waals surface area contributed by atoms with Gasteiger partial charge >= 0.3 is 0 Å². The first-order valence-corrected chi connectivity index (χ1v) is 6.91. The van der Waals surface area contributed by atoms with Crippen LogP contribution in [0.5, 0.6) is 5.75 Å². The Morgan fingerprint density at radius 1 is 1.26 bits per heavy atom. The van der Waals surface area contributed by atoms with Gasteiger partial charge in [-0.2, -0.15) is 0 Å². The van der Waals surface area contributed by atoms with E-state index in [0.717, 1.165) is 25.9 Å². The van der Waals surface area contributed by atoms with Crippen LogP contribution in [0.15, 0.2) is 24.3 Å². The molecule has 2 atom stereocenters. The van der Waals surface area contributed by atoms with Crippen LogP contribution >= 0.6 is 11.6 Å². The molecule has 4 nitrogen and oxygen atoms in total. The van der Waals surface area contributed by atoms with E-state index in [9.17, 15) is 5.11 Å². The van der Waals surface area contributed by atoms with E-state index in [1.165, 1.54) is 0 Å². The van der Waals surface area contributed by atoms with Gasteiger partial charge in [-0.05, 0) is 43.5 Å². The fourth-order valence-electron chi connectivity index (χ4n) is 1.83. The van der Waals surface area contributed by atoms with Crippen LogP contribution in [0, 0.1) is 0 Å². The van der Waals surface area contributed by atoms with Gasteiger partial charge in [-0.15, -0.1) is 0 Å². The maximum atomic E-state index is 9.76. The molecule has 0 aliphatic carbocycles. The summed E-state index contributed by atoms with van der Waals surface area (Å²) in [6.07, 6.45) is 2.25. The summed E-state index contributed by atoms with van der Waals surface area (Å²) in [6, 6.07) is 7.02. The van der Waals surface area contributed by atoms with Crippen LogP contribution < -0.4 is 4.74 Å². The Hall–Kier alpha value is -0.810. The number of benzene rings is 1. The lowest BCUT2D eigenvalue weighted by Crippen LogP contribution is -2.29. The number of hydrogen-bond donors (Lipinski definition) is 1. The molecule has 0 radical (unpaired) electrons. The highest BCUT2D eigenvalue weighted by molar-refractivity contribution is 6.30. The molecular formula is C14H19ClO4. The van der Waals surface area contributed by atoms with Crippen LogP contribution in [-0.2, 0) is 9.47 Å². The van der Waals surface area contributed by atoms with Crippen LogP contribution in [0.3, 0.4) is 0 Å². The van der Waals surface area contributed by atoms with Crippen LogP contribution in [-0.4, -0.2) is 37.3 Å². The van der Waals surface area contributed by atoms with E-state index < -0.39 is 6.10 Å². The number of hydrogen-bond acceptors (Lipinski definition) is 4. The summed E-state index contributed by atoms with van der Waals surface area (Å²) < 4.78 is 16.3. The van der Waals surface area contributed by atoms with Crippen molar-refractivity contribution >= 4 is 11.6 Å². The Morgan fingerprint density at radius 3 is 2.74 bits per heavy atom. The highest BCUT2D eigenvalue weighted by Gasteiger charge is 2.16. The molecule has 0 bridgehead atoms. The van der Waals surface area contributed by atoms with E-state index in [-0.39, 0.29) is 19.5 Å². The molecule has 2 rings (SSSR count). The van der Waals surface area contributed by atoms with Crippen molar-refractivity contribution in [3.05, 3.63) is 29.3 Å². The Kier molecular flexibility index (Phi) is 5.92. The van der Waals surface area contributed by atoms with Crippen molar-refractivity contribution in [3.8, 4) is 5.75 Å². The number of rotatable bonds is 6. The first-order valence-electron chi connectivity index (χ1n) is 6.53. The van der Waals surface area contributed by atoms with Crippen molar-refractivity contribution < 1.29 is 19.3 Å². The second-order valence-electron chi connectivity index (χ2n) is 4.55. The third-order valence-electron chi connectivity index (χ3n) is 2.87. The Balaban J connectivity index is 1.63. The van der Waals surface area contributed by atoms with Crippen molar-refractivity contribution in [2.45, 2.75) is 31.7 Å². The van der Waals surface area contributed by atoms with Gasteiger partial charge in [0.1, 0.15) is 18.5 Å². The van der Waals surface area contributed by atoms with Gasteiger partial charge in [0.15, 0.2) is 6.29 Å². The van der Waals surface area contributed by atoms with Crippen LogP contribution in [0.4, 0.5) is 0 Å². The third-order valence-corrected chi connectivity index (χ3v) is 3.12. The second kappa shape index (κ2) is 7.70. The van der Waals surface area contributed by atoms with Gasteiger partial charge in [0.2, 0.25) is 0 Å². The van der Waals surface area contributed by atoms with Gasteiger partial charge in [0.05, 0.1) is 6.61 Å². The Morgan fingerprint density at radius 2 is 2.05 bits per heavy atom. The zero-order valence-corrected chi connectivity index (χ0v) is 11.5. The molecule has 1 saturated heterocycles. The third kappa shape index (κ3) is 5.37. The van der Waals surface area contributed by atoms with Gasteiger partial charge in [0, 0.05) is 11.6 Å². The quantitative estimate of drug-likeness (QED) is 0.873. The molecular weight excluding hydrogens is 268 g/mol. The number of ether oxygens (including phenoxy) is 3. The first kappa shape index (κ1) is 14.6. The van der Waals surface area contributed by atoms with Gasteiger partial charge in [-0.25, -0.2) is 0 Å². The second-order valence-corrected chi connectivity index (χ2v) is 4.98. The van der Waals surface area contributed by atoms with Gasteiger partial charge in [-0.3, -0.25) is 0 Å². The summed E-state index contributed by atoms with van der Waals surface area (Å²) in [6.45, 7) is 1.15. The predicted molar refractivity (Wildman–Crippen MR) is 72.5 cm³/mol. The molecule has 1 fully saturated rings. The lowest BCUT2D eigenvalue weighted by atomic mass is 10.2. The summed E-state index contributed by atoms with van der Waals surface area (Å²) in [5.41, 5.74) is 0. The number of aliphatic hydroxyl groups is 1.